The van der Waals surface area contributed by atoms with Crippen molar-refractivity contribution in [3.8, 4) is 5.75 Å². The van der Waals surface area contributed by atoms with Gasteiger partial charge in [-0.2, -0.15) is 10.1 Å². The van der Waals surface area contributed by atoms with Crippen LogP contribution in [0.5, 0.6) is 5.75 Å². The zero-order valence-electron chi connectivity index (χ0n) is 11.1. The number of benzene rings is 1. The highest BCUT2D eigenvalue weighted by molar-refractivity contribution is 5.80. The second-order valence-corrected chi connectivity index (χ2v) is 4.16. The van der Waals surface area contributed by atoms with Crippen LogP contribution in [0.1, 0.15) is 5.56 Å². The Kier molecular flexibility index (Phi) is 3.34. The Morgan fingerprint density at radius 3 is 2.86 bits per heavy atom. The second kappa shape index (κ2) is 5.45. The number of anilines is 1. The molecule has 0 radical (unpaired) electrons. The van der Waals surface area contributed by atoms with Gasteiger partial charge < -0.3 is 14.7 Å². The van der Waals surface area contributed by atoms with Gasteiger partial charge in [0.2, 0.25) is 5.95 Å². The summed E-state index contributed by atoms with van der Waals surface area (Å²) in [7, 11) is 1.61. The summed E-state index contributed by atoms with van der Waals surface area (Å²) >= 11 is 0. The van der Waals surface area contributed by atoms with Crippen LogP contribution in [0, 0.1) is 0 Å². The Morgan fingerprint density at radius 2 is 2.14 bits per heavy atom. The number of nitrogens with zero attached hydrogens (tertiary/aromatic N) is 3. The molecular formula is C13H12N6O2. The van der Waals surface area contributed by atoms with Crippen LogP contribution in [0.2, 0.25) is 0 Å². The number of hydrogen-bond donors (Lipinski definition) is 3. The number of rotatable bonds is 4. The van der Waals surface area contributed by atoms with Crippen molar-refractivity contribution in [2.75, 3.05) is 12.5 Å². The average molecular weight is 284 g/mol. The van der Waals surface area contributed by atoms with Crippen molar-refractivity contribution >= 4 is 23.3 Å². The first kappa shape index (κ1) is 12.9. The minimum Gasteiger partial charge on any atom is -0.497 e. The minimum atomic E-state index is -0.278. The van der Waals surface area contributed by atoms with Crippen LogP contribution in [0.4, 0.5) is 5.95 Å². The van der Waals surface area contributed by atoms with Gasteiger partial charge in [0, 0.05) is 0 Å². The van der Waals surface area contributed by atoms with E-state index in [0.717, 1.165) is 11.3 Å². The zero-order chi connectivity index (χ0) is 14.7. The zero-order valence-corrected chi connectivity index (χ0v) is 11.1. The lowest BCUT2D eigenvalue weighted by molar-refractivity contribution is 0.415. The largest absolute Gasteiger partial charge is 0.497 e. The number of hydrazone groups is 1. The van der Waals surface area contributed by atoms with E-state index in [1.807, 2.05) is 24.3 Å². The van der Waals surface area contributed by atoms with Crippen molar-refractivity contribution in [3.05, 3.63) is 46.5 Å². The first-order chi connectivity index (χ1) is 10.3. The Balaban J connectivity index is 1.74. The number of ether oxygens (including phenoxy) is 1. The first-order valence-corrected chi connectivity index (χ1v) is 6.13. The Labute approximate surface area is 118 Å². The van der Waals surface area contributed by atoms with E-state index in [1.54, 1.807) is 13.3 Å². The fourth-order valence-corrected chi connectivity index (χ4v) is 1.75. The highest BCUT2D eigenvalue weighted by Gasteiger charge is 2.05. The highest BCUT2D eigenvalue weighted by Crippen LogP contribution is 2.10. The van der Waals surface area contributed by atoms with Gasteiger partial charge in [-0.15, -0.1) is 0 Å². The maximum atomic E-state index is 11.5. The first-order valence-electron chi connectivity index (χ1n) is 6.13. The van der Waals surface area contributed by atoms with Gasteiger partial charge in [-0.1, -0.05) is 0 Å². The molecule has 0 amide bonds. The van der Waals surface area contributed by atoms with E-state index < -0.39 is 0 Å². The van der Waals surface area contributed by atoms with Crippen molar-refractivity contribution in [2.24, 2.45) is 5.10 Å². The molecule has 3 aromatic rings. The molecule has 106 valence electrons. The molecule has 0 aliphatic carbocycles. The Morgan fingerprint density at radius 1 is 1.33 bits per heavy atom. The molecular weight excluding hydrogens is 272 g/mol. The third-order valence-electron chi connectivity index (χ3n) is 2.79. The summed E-state index contributed by atoms with van der Waals surface area (Å²) in [6.07, 6.45) is 2.93. The van der Waals surface area contributed by atoms with Crippen LogP contribution in [0.25, 0.3) is 11.2 Å². The number of H-pyrrole nitrogens is 2. The number of methoxy groups -OCH3 is 1. The SMILES string of the molecule is COc1ccc(/C=N\Nc2nc3nc[nH]c(=O)c3[nH]2)cc1. The lowest BCUT2D eigenvalue weighted by Crippen LogP contribution is -2.05. The summed E-state index contributed by atoms with van der Waals surface area (Å²) in [6.45, 7) is 0. The van der Waals surface area contributed by atoms with E-state index in [-0.39, 0.29) is 5.56 Å². The molecule has 1 aromatic carbocycles. The third kappa shape index (κ3) is 2.73. The van der Waals surface area contributed by atoms with Crippen LogP contribution < -0.4 is 15.7 Å². The van der Waals surface area contributed by atoms with Gasteiger partial charge in [0.25, 0.3) is 5.56 Å². The molecule has 2 aromatic heterocycles. The molecule has 0 fully saturated rings. The van der Waals surface area contributed by atoms with Crippen LogP contribution in [-0.2, 0) is 0 Å². The van der Waals surface area contributed by atoms with Gasteiger partial charge >= 0.3 is 0 Å². The summed E-state index contributed by atoms with van der Waals surface area (Å²) in [5, 5.41) is 4.04. The average Bonchev–Trinajstić information content (AvgIpc) is 2.92. The molecule has 0 spiro atoms. The third-order valence-corrected chi connectivity index (χ3v) is 2.79. The maximum Gasteiger partial charge on any atom is 0.276 e. The van der Waals surface area contributed by atoms with Gasteiger partial charge in [-0.3, -0.25) is 4.79 Å². The second-order valence-electron chi connectivity index (χ2n) is 4.16. The fraction of sp³-hybridized carbons (Fsp3) is 0.0769. The van der Waals surface area contributed by atoms with E-state index in [2.05, 4.69) is 30.5 Å². The van der Waals surface area contributed by atoms with Crippen LogP contribution in [0.15, 0.2) is 40.5 Å². The molecule has 0 aliphatic rings. The number of fused-ring (bicyclic) bond motifs is 1. The van der Waals surface area contributed by atoms with E-state index in [0.29, 0.717) is 17.1 Å². The van der Waals surface area contributed by atoms with Crippen LogP contribution in [-0.4, -0.2) is 33.3 Å². The molecule has 8 nitrogen and oxygen atoms in total. The fourth-order valence-electron chi connectivity index (χ4n) is 1.75. The lowest BCUT2D eigenvalue weighted by Gasteiger charge is -1.98. The smallest absolute Gasteiger partial charge is 0.276 e. The number of hydrogen-bond acceptors (Lipinski definition) is 6. The van der Waals surface area contributed by atoms with Crippen molar-refractivity contribution in [2.45, 2.75) is 0 Å². The van der Waals surface area contributed by atoms with E-state index in [4.69, 9.17) is 4.74 Å². The normalized spacial score (nSPS) is 11.1. The molecule has 0 aliphatic heterocycles. The molecule has 3 rings (SSSR count). The van der Waals surface area contributed by atoms with Crippen molar-refractivity contribution in [1.29, 1.82) is 0 Å². The van der Waals surface area contributed by atoms with Crippen molar-refractivity contribution < 1.29 is 4.74 Å². The van der Waals surface area contributed by atoms with E-state index >= 15 is 0 Å². The quantitative estimate of drug-likeness (QED) is 0.491. The summed E-state index contributed by atoms with van der Waals surface area (Å²) in [6, 6.07) is 7.42. The van der Waals surface area contributed by atoms with Gasteiger partial charge in [0.05, 0.1) is 19.7 Å². The van der Waals surface area contributed by atoms with Crippen molar-refractivity contribution in [1.82, 2.24) is 19.9 Å². The molecule has 2 heterocycles. The van der Waals surface area contributed by atoms with Gasteiger partial charge in [0.1, 0.15) is 5.75 Å². The van der Waals surface area contributed by atoms with Gasteiger partial charge in [-0.25, -0.2) is 10.4 Å². The summed E-state index contributed by atoms with van der Waals surface area (Å²) in [5.74, 6) is 1.13. The standard InChI is InChI=1S/C13H12N6O2/c1-21-9-4-2-8(3-5-9)6-16-19-13-17-10-11(18-13)14-7-15-12(10)20/h2-7H,1H3,(H3,14,15,17,18,19,20)/b16-6-. The molecule has 3 N–H and O–H groups in total. The molecule has 8 heteroatoms. The van der Waals surface area contributed by atoms with Crippen LogP contribution in [0.3, 0.4) is 0 Å². The predicted octanol–water partition coefficient (Wildman–Crippen LogP) is 1.10. The molecule has 0 saturated carbocycles. The molecule has 0 saturated heterocycles. The molecule has 0 bridgehead atoms. The van der Waals surface area contributed by atoms with Gasteiger partial charge in [0.15, 0.2) is 11.2 Å². The number of aromatic amines is 2. The summed E-state index contributed by atoms with van der Waals surface area (Å²) < 4.78 is 5.07. The maximum absolute atomic E-state index is 11.5. The highest BCUT2D eigenvalue weighted by atomic mass is 16.5. The minimum absolute atomic E-state index is 0.278. The van der Waals surface area contributed by atoms with Gasteiger partial charge in [-0.05, 0) is 29.8 Å². The van der Waals surface area contributed by atoms with Crippen molar-refractivity contribution in [3.63, 3.8) is 0 Å². The number of aromatic nitrogens is 4. The predicted molar refractivity (Wildman–Crippen MR) is 78.7 cm³/mol. The topological polar surface area (TPSA) is 108 Å². The van der Waals surface area contributed by atoms with E-state index in [1.165, 1.54) is 6.33 Å². The number of imidazole rings is 1. The summed E-state index contributed by atoms with van der Waals surface area (Å²) in [5.41, 5.74) is 3.98. The number of nitrogens with one attached hydrogen (secondary N) is 3. The summed E-state index contributed by atoms with van der Waals surface area (Å²) in [4.78, 5) is 24.8. The lowest BCUT2D eigenvalue weighted by atomic mass is 10.2. The molecule has 0 atom stereocenters. The Hall–Kier alpha value is -3.16. The Bertz CT molecular complexity index is 834. The monoisotopic (exact) mass is 284 g/mol. The van der Waals surface area contributed by atoms with E-state index in [9.17, 15) is 4.79 Å². The van der Waals surface area contributed by atoms with Crippen LogP contribution >= 0.6 is 0 Å². The molecule has 0 unspecified atom stereocenters. The molecule has 21 heavy (non-hydrogen) atoms.